The molecule has 4 N–H and O–H groups in total. The number of hydrogen-bond acceptors (Lipinski definition) is 6. The average molecular weight is 208 g/mol. The minimum absolute atomic E-state index is 0.0607. The molecule has 0 aromatic heterocycles. The van der Waals surface area contributed by atoms with Gasteiger partial charge in [-0.3, -0.25) is 0 Å². The van der Waals surface area contributed by atoms with Crippen LogP contribution in [-0.4, -0.2) is 64.8 Å². The van der Waals surface area contributed by atoms with Crippen molar-refractivity contribution in [3.8, 4) is 0 Å². The molecule has 0 saturated carbocycles. The van der Waals surface area contributed by atoms with Crippen molar-refractivity contribution in [2.24, 2.45) is 0 Å². The Kier molecular flexibility index (Phi) is 4.24. The zero-order chi connectivity index (χ0) is 10.7. The summed E-state index contributed by atoms with van der Waals surface area (Å²) in [5, 5.41) is 37.1. The molecule has 84 valence electrons. The molecule has 0 radical (unpaired) electrons. The number of rotatable bonds is 2. The molecule has 1 aliphatic rings. The summed E-state index contributed by atoms with van der Waals surface area (Å²) >= 11 is 0. The molecular weight excluding hydrogens is 192 g/mol. The van der Waals surface area contributed by atoms with Crippen molar-refractivity contribution in [1.29, 1.82) is 0 Å². The molecule has 1 saturated heterocycles. The quantitative estimate of drug-likeness (QED) is 0.412. The molecule has 1 fully saturated rings. The van der Waals surface area contributed by atoms with Crippen LogP contribution in [0.2, 0.25) is 0 Å². The third kappa shape index (κ3) is 2.41. The fourth-order valence-corrected chi connectivity index (χ4v) is 1.42. The Labute approximate surface area is 81.7 Å². The van der Waals surface area contributed by atoms with Gasteiger partial charge in [-0.05, 0) is 0 Å². The number of methoxy groups -OCH3 is 1. The highest BCUT2D eigenvalue weighted by molar-refractivity contribution is 4.85. The molecule has 0 unspecified atom stereocenters. The number of hydrogen-bond donors (Lipinski definition) is 4. The molecule has 14 heavy (non-hydrogen) atoms. The minimum atomic E-state index is -1.33. The van der Waals surface area contributed by atoms with Gasteiger partial charge >= 0.3 is 0 Å². The molecule has 0 aromatic rings. The van der Waals surface area contributed by atoms with Crippen LogP contribution in [0.4, 0.5) is 0 Å². The fraction of sp³-hybridized carbons (Fsp3) is 1.00. The molecule has 6 heteroatoms. The van der Waals surface area contributed by atoms with Crippen LogP contribution >= 0.6 is 0 Å². The summed E-state index contributed by atoms with van der Waals surface area (Å²) in [7, 11) is 1.38. The SMILES string of the molecule is CO[C@@H]1C[C@H](O)[C@@H](O)[C@H](O)[C@@H](CO)O1. The summed E-state index contributed by atoms with van der Waals surface area (Å²) in [4.78, 5) is 0. The van der Waals surface area contributed by atoms with Gasteiger partial charge < -0.3 is 29.9 Å². The molecule has 0 aromatic carbocycles. The first-order chi connectivity index (χ1) is 6.60. The van der Waals surface area contributed by atoms with E-state index in [0.717, 1.165) is 0 Å². The second-order valence-corrected chi connectivity index (χ2v) is 3.31. The summed E-state index contributed by atoms with van der Waals surface area (Å²) in [6.07, 6.45) is -5.36. The van der Waals surface area contributed by atoms with Gasteiger partial charge in [-0.2, -0.15) is 0 Å². The van der Waals surface area contributed by atoms with Crippen molar-refractivity contribution < 1.29 is 29.9 Å². The molecule has 0 bridgehead atoms. The van der Waals surface area contributed by atoms with Gasteiger partial charge in [-0.15, -0.1) is 0 Å². The highest BCUT2D eigenvalue weighted by atomic mass is 16.7. The first-order valence-electron chi connectivity index (χ1n) is 4.43. The molecule has 0 aliphatic carbocycles. The van der Waals surface area contributed by atoms with E-state index in [1.165, 1.54) is 7.11 Å². The summed E-state index contributed by atoms with van der Waals surface area (Å²) in [6.45, 7) is -0.440. The lowest BCUT2D eigenvalue weighted by Gasteiger charge is -2.23. The van der Waals surface area contributed by atoms with Crippen LogP contribution < -0.4 is 0 Å². The monoisotopic (exact) mass is 208 g/mol. The molecule has 6 nitrogen and oxygen atoms in total. The van der Waals surface area contributed by atoms with E-state index in [0.29, 0.717) is 0 Å². The predicted molar refractivity (Wildman–Crippen MR) is 45.4 cm³/mol. The fourth-order valence-electron chi connectivity index (χ4n) is 1.42. The molecule has 1 heterocycles. The third-order valence-electron chi connectivity index (χ3n) is 2.33. The van der Waals surface area contributed by atoms with Gasteiger partial charge in [0.05, 0.1) is 12.7 Å². The van der Waals surface area contributed by atoms with Crippen molar-refractivity contribution in [3.63, 3.8) is 0 Å². The number of aliphatic hydroxyl groups excluding tert-OH is 4. The van der Waals surface area contributed by atoms with Crippen LogP contribution in [0.1, 0.15) is 6.42 Å². The molecular formula is C8H16O6. The van der Waals surface area contributed by atoms with Crippen LogP contribution in [0.3, 0.4) is 0 Å². The Morgan fingerprint density at radius 3 is 2.43 bits per heavy atom. The van der Waals surface area contributed by atoms with Crippen molar-refractivity contribution >= 4 is 0 Å². The second kappa shape index (κ2) is 5.01. The van der Waals surface area contributed by atoms with Gasteiger partial charge in [-0.25, -0.2) is 0 Å². The highest BCUT2D eigenvalue weighted by Gasteiger charge is 2.38. The lowest BCUT2D eigenvalue weighted by molar-refractivity contribution is -0.185. The third-order valence-corrected chi connectivity index (χ3v) is 2.33. The maximum atomic E-state index is 9.45. The van der Waals surface area contributed by atoms with Crippen molar-refractivity contribution in [1.82, 2.24) is 0 Å². The van der Waals surface area contributed by atoms with E-state index in [9.17, 15) is 15.3 Å². The second-order valence-electron chi connectivity index (χ2n) is 3.31. The van der Waals surface area contributed by atoms with Crippen LogP contribution in [0.5, 0.6) is 0 Å². The van der Waals surface area contributed by atoms with E-state index in [-0.39, 0.29) is 6.42 Å². The van der Waals surface area contributed by atoms with Crippen molar-refractivity contribution in [2.45, 2.75) is 37.1 Å². The van der Waals surface area contributed by atoms with E-state index < -0.39 is 37.3 Å². The predicted octanol–water partition coefficient (Wildman–Crippen LogP) is -2.18. The minimum Gasteiger partial charge on any atom is -0.394 e. The molecule has 1 rings (SSSR count). The Bertz CT molecular complexity index is 175. The maximum absolute atomic E-state index is 9.45. The van der Waals surface area contributed by atoms with Gasteiger partial charge in [0.1, 0.15) is 18.3 Å². The normalized spacial score (nSPS) is 44.8. The van der Waals surface area contributed by atoms with Crippen LogP contribution in [-0.2, 0) is 9.47 Å². The van der Waals surface area contributed by atoms with Crippen molar-refractivity contribution in [2.75, 3.05) is 13.7 Å². The van der Waals surface area contributed by atoms with Crippen LogP contribution in [0.15, 0.2) is 0 Å². The van der Waals surface area contributed by atoms with E-state index in [4.69, 9.17) is 14.6 Å². The first-order valence-corrected chi connectivity index (χ1v) is 4.43. The number of ether oxygens (including phenoxy) is 2. The van der Waals surface area contributed by atoms with Crippen molar-refractivity contribution in [3.05, 3.63) is 0 Å². The summed E-state index contributed by atoms with van der Waals surface area (Å²) < 4.78 is 9.98. The molecule has 5 atom stereocenters. The Morgan fingerprint density at radius 1 is 1.29 bits per heavy atom. The van der Waals surface area contributed by atoms with Gasteiger partial charge in [0, 0.05) is 13.5 Å². The van der Waals surface area contributed by atoms with E-state index in [2.05, 4.69) is 0 Å². The zero-order valence-electron chi connectivity index (χ0n) is 7.91. The Morgan fingerprint density at radius 2 is 1.93 bits per heavy atom. The largest absolute Gasteiger partial charge is 0.394 e. The smallest absolute Gasteiger partial charge is 0.160 e. The van der Waals surface area contributed by atoms with Crippen LogP contribution in [0.25, 0.3) is 0 Å². The van der Waals surface area contributed by atoms with E-state index in [1.807, 2.05) is 0 Å². The van der Waals surface area contributed by atoms with Crippen LogP contribution in [0, 0.1) is 0 Å². The molecule has 0 amide bonds. The summed E-state index contributed by atoms with van der Waals surface area (Å²) in [5.74, 6) is 0. The van der Waals surface area contributed by atoms with Gasteiger partial charge in [0.15, 0.2) is 6.29 Å². The summed E-state index contributed by atoms with van der Waals surface area (Å²) in [6, 6.07) is 0. The topological polar surface area (TPSA) is 99.4 Å². The van der Waals surface area contributed by atoms with Gasteiger partial charge in [0.25, 0.3) is 0 Å². The molecule has 1 aliphatic heterocycles. The Hall–Kier alpha value is -0.240. The standard InChI is InChI=1S/C8H16O6/c1-13-6-2-4(10)7(11)8(12)5(3-9)14-6/h4-12H,2-3H2,1H3/t4-,5+,6-,7+,8+/m0/s1. The lowest BCUT2D eigenvalue weighted by atomic mass is 10.0. The van der Waals surface area contributed by atoms with E-state index in [1.54, 1.807) is 0 Å². The highest BCUT2D eigenvalue weighted by Crippen LogP contribution is 2.20. The average Bonchev–Trinajstić information content (AvgIpc) is 2.30. The Balaban J connectivity index is 2.71. The van der Waals surface area contributed by atoms with E-state index >= 15 is 0 Å². The molecule has 0 spiro atoms. The lowest BCUT2D eigenvalue weighted by Crippen LogP contribution is -2.44. The summed E-state index contributed by atoms with van der Waals surface area (Å²) in [5.41, 5.74) is 0. The van der Waals surface area contributed by atoms with Gasteiger partial charge in [-0.1, -0.05) is 0 Å². The maximum Gasteiger partial charge on any atom is 0.160 e. The zero-order valence-corrected chi connectivity index (χ0v) is 7.91. The number of aliphatic hydroxyl groups is 4. The first kappa shape index (κ1) is 11.8. The van der Waals surface area contributed by atoms with Gasteiger partial charge in [0.2, 0.25) is 0 Å².